The monoisotopic (exact) mass is 518 g/mol. The molecule has 13 nitrogen and oxygen atoms in total. The van der Waals surface area contributed by atoms with E-state index < -0.39 is 29.2 Å². The number of fused-ring (bicyclic) bond motifs is 1. The summed E-state index contributed by atoms with van der Waals surface area (Å²) in [7, 11) is 0. The number of rotatable bonds is 10. The van der Waals surface area contributed by atoms with Crippen LogP contribution in [0.5, 0.6) is 0 Å². The summed E-state index contributed by atoms with van der Waals surface area (Å²) >= 11 is 3.05. The van der Waals surface area contributed by atoms with Crippen LogP contribution in [-0.4, -0.2) is 79.3 Å². The molecular formula is C19H34N8O5S2. The summed E-state index contributed by atoms with van der Waals surface area (Å²) in [5.74, 6) is -0.0707. The number of nitrogens with one attached hydrogen (secondary N) is 1. The maximum Gasteiger partial charge on any atom is 0.365 e. The van der Waals surface area contributed by atoms with Crippen LogP contribution < -0.4 is 28.2 Å². The van der Waals surface area contributed by atoms with Crippen molar-refractivity contribution in [3.8, 4) is 0 Å². The molecule has 0 radical (unpaired) electrons. The van der Waals surface area contributed by atoms with E-state index in [0.29, 0.717) is 36.8 Å². The van der Waals surface area contributed by atoms with Gasteiger partial charge >= 0.3 is 11.9 Å². The van der Waals surface area contributed by atoms with Crippen LogP contribution in [0.25, 0.3) is 0 Å². The number of nitrogens with zero attached hydrogens (tertiary/aromatic N) is 4. The number of nitrogens with two attached hydrogens (primary N) is 3. The molecule has 0 spiro atoms. The van der Waals surface area contributed by atoms with Gasteiger partial charge in [-0.05, 0) is 44.3 Å². The zero-order chi connectivity index (χ0) is 25.3. The van der Waals surface area contributed by atoms with Crippen LogP contribution >= 0.6 is 23.5 Å². The molecule has 2 aliphatic rings. The van der Waals surface area contributed by atoms with E-state index in [4.69, 9.17) is 26.9 Å². The topological polar surface area (TPSA) is 176 Å². The summed E-state index contributed by atoms with van der Waals surface area (Å²) in [4.78, 5) is 49.3. The predicted octanol–water partition coefficient (Wildman–Crippen LogP) is -0.626. The predicted molar refractivity (Wildman–Crippen MR) is 132 cm³/mol. The van der Waals surface area contributed by atoms with Crippen molar-refractivity contribution in [2.45, 2.75) is 57.0 Å². The number of carbonyl (C=O) groups is 2. The van der Waals surface area contributed by atoms with Crippen LogP contribution in [0.15, 0.2) is 4.79 Å². The van der Waals surface area contributed by atoms with Gasteiger partial charge in [-0.3, -0.25) is 14.9 Å². The Kier molecular flexibility index (Phi) is 8.14. The number of hydrogen-bond donors (Lipinski definition) is 4. The molecule has 15 heteroatoms. The van der Waals surface area contributed by atoms with Gasteiger partial charge in [0.15, 0.2) is 11.5 Å². The number of hydrogen-bond acceptors (Lipinski definition) is 13. The van der Waals surface area contributed by atoms with Crippen molar-refractivity contribution < 1.29 is 19.3 Å². The Labute approximate surface area is 206 Å². The molecule has 1 aromatic heterocycles. The lowest BCUT2D eigenvalue weighted by atomic mass is 9.89. The lowest BCUT2D eigenvalue weighted by molar-refractivity contribution is -0.319. The van der Waals surface area contributed by atoms with Crippen LogP contribution in [0, 0.1) is 0 Å². The maximum atomic E-state index is 13.3. The number of anilines is 2. The Hall–Kier alpha value is -1.91. The van der Waals surface area contributed by atoms with Gasteiger partial charge in [0.05, 0.1) is 0 Å². The molecule has 3 heterocycles. The molecule has 3 atom stereocenters. The minimum absolute atomic E-state index is 0.00877. The maximum absolute atomic E-state index is 13.3. The summed E-state index contributed by atoms with van der Waals surface area (Å²) < 4.78 is 3.18. The standard InChI is InChI=1S/C19H34N8O5S2/c1-5-24-14(13(20)15(28)25(24)6-2)23-26-11-12-18(21,7-9-33-3)16(29)31-27(12)32-17(30)19(26,22)8-10-34-4/h12,23H,5-11,20-22H2,1-4H3. The van der Waals surface area contributed by atoms with Crippen molar-refractivity contribution in [1.29, 1.82) is 0 Å². The lowest BCUT2D eigenvalue weighted by Gasteiger charge is -2.38. The molecule has 2 saturated heterocycles. The van der Waals surface area contributed by atoms with E-state index in [-0.39, 0.29) is 24.2 Å². The van der Waals surface area contributed by atoms with Crippen LogP contribution in [0.4, 0.5) is 11.5 Å². The molecule has 3 rings (SSSR count). The SMILES string of the molecule is CCn1c(NN2CC3N(OC(=O)C3(N)CCSC)OC(=O)C2(N)CCSC)c(N)c(=O)n1CC. The zero-order valence-corrected chi connectivity index (χ0v) is 21.5. The van der Waals surface area contributed by atoms with Crippen molar-refractivity contribution in [1.82, 2.24) is 19.6 Å². The first kappa shape index (κ1) is 26.7. The third-order valence-electron chi connectivity index (χ3n) is 6.28. The van der Waals surface area contributed by atoms with Crippen molar-refractivity contribution in [2.75, 3.05) is 41.7 Å². The van der Waals surface area contributed by atoms with E-state index >= 15 is 0 Å². The van der Waals surface area contributed by atoms with Crippen molar-refractivity contribution in [2.24, 2.45) is 11.5 Å². The Morgan fingerprint density at radius 1 is 1.00 bits per heavy atom. The van der Waals surface area contributed by atoms with E-state index in [9.17, 15) is 14.4 Å². The average Bonchev–Trinajstić information content (AvgIpc) is 3.14. The molecule has 1 aromatic rings. The van der Waals surface area contributed by atoms with Crippen molar-refractivity contribution in [3.63, 3.8) is 0 Å². The highest BCUT2D eigenvalue weighted by molar-refractivity contribution is 7.98. The molecular weight excluding hydrogens is 484 g/mol. The van der Waals surface area contributed by atoms with E-state index in [2.05, 4.69) is 5.43 Å². The van der Waals surface area contributed by atoms with Crippen LogP contribution in [0.1, 0.15) is 26.7 Å². The van der Waals surface area contributed by atoms with Crippen LogP contribution in [0.2, 0.25) is 0 Å². The summed E-state index contributed by atoms with van der Waals surface area (Å²) in [5.41, 5.74) is 19.0. The second kappa shape index (κ2) is 10.4. The molecule has 0 aliphatic carbocycles. The number of thioether (sulfide) groups is 2. The van der Waals surface area contributed by atoms with Gasteiger partial charge in [0.2, 0.25) is 0 Å². The van der Waals surface area contributed by atoms with Gasteiger partial charge in [0, 0.05) is 31.3 Å². The molecule has 0 saturated carbocycles. The normalized spacial score (nSPS) is 27.9. The number of hydrazine groups is 1. The fourth-order valence-electron chi connectivity index (χ4n) is 4.15. The third kappa shape index (κ3) is 4.40. The Morgan fingerprint density at radius 3 is 2.18 bits per heavy atom. The highest BCUT2D eigenvalue weighted by Gasteiger charge is 2.61. The summed E-state index contributed by atoms with van der Waals surface area (Å²) in [6.45, 7) is 4.53. The number of aromatic nitrogens is 2. The molecule has 192 valence electrons. The van der Waals surface area contributed by atoms with Gasteiger partial charge in [-0.25, -0.2) is 14.3 Å². The zero-order valence-electron chi connectivity index (χ0n) is 19.9. The number of hydroxylamine groups is 2. The van der Waals surface area contributed by atoms with Gasteiger partial charge in [-0.15, -0.1) is 0 Å². The van der Waals surface area contributed by atoms with Crippen LogP contribution in [-0.2, 0) is 32.4 Å². The first-order valence-electron chi connectivity index (χ1n) is 11.0. The number of nitrogen functional groups attached to an aromatic ring is 1. The highest BCUT2D eigenvalue weighted by atomic mass is 32.2. The smallest absolute Gasteiger partial charge is 0.365 e. The molecule has 2 fully saturated rings. The first-order chi connectivity index (χ1) is 16.1. The minimum atomic E-state index is -1.66. The quantitative estimate of drug-likeness (QED) is 0.308. The van der Waals surface area contributed by atoms with Crippen molar-refractivity contribution in [3.05, 3.63) is 10.4 Å². The van der Waals surface area contributed by atoms with E-state index in [1.165, 1.54) is 33.2 Å². The second-order valence-corrected chi connectivity index (χ2v) is 10.2. The highest BCUT2D eigenvalue weighted by Crippen LogP contribution is 2.35. The van der Waals surface area contributed by atoms with E-state index in [1.807, 2.05) is 26.4 Å². The molecule has 2 aliphatic heterocycles. The molecule has 7 N–H and O–H groups in total. The molecule has 0 aromatic carbocycles. The molecule has 3 unspecified atom stereocenters. The Bertz CT molecular complexity index is 987. The molecule has 0 amide bonds. The van der Waals surface area contributed by atoms with E-state index in [0.717, 1.165) is 5.23 Å². The van der Waals surface area contributed by atoms with Crippen LogP contribution in [0.3, 0.4) is 0 Å². The van der Waals surface area contributed by atoms with Gasteiger partial charge in [0.25, 0.3) is 5.56 Å². The fraction of sp³-hybridized carbons (Fsp3) is 0.737. The summed E-state index contributed by atoms with van der Waals surface area (Å²) in [5, 5.41) is 2.33. The lowest BCUT2D eigenvalue weighted by Crippen LogP contribution is -2.66. The summed E-state index contributed by atoms with van der Waals surface area (Å²) in [6, 6.07) is -0.848. The second-order valence-electron chi connectivity index (χ2n) is 8.23. The summed E-state index contributed by atoms with van der Waals surface area (Å²) in [6.07, 6.45) is 4.31. The number of carbonyl (C=O) groups excluding carboxylic acids is 2. The average molecular weight is 519 g/mol. The van der Waals surface area contributed by atoms with Gasteiger partial charge in [-0.1, -0.05) is 0 Å². The largest absolute Gasteiger partial charge is 0.391 e. The first-order valence-corrected chi connectivity index (χ1v) is 13.8. The Morgan fingerprint density at radius 2 is 1.59 bits per heavy atom. The van der Waals surface area contributed by atoms with Gasteiger partial charge in [0.1, 0.15) is 17.3 Å². The molecule has 34 heavy (non-hydrogen) atoms. The molecule has 0 bridgehead atoms. The fourth-order valence-corrected chi connectivity index (χ4v) is 5.21. The Balaban J connectivity index is 2.08. The van der Waals surface area contributed by atoms with E-state index in [1.54, 1.807) is 4.68 Å². The van der Waals surface area contributed by atoms with Crippen molar-refractivity contribution >= 4 is 47.0 Å². The van der Waals surface area contributed by atoms with Gasteiger partial charge in [-0.2, -0.15) is 28.5 Å². The minimum Gasteiger partial charge on any atom is -0.391 e. The van der Waals surface area contributed by atoms with Gasteiger partial charge < -0.3 is 26.9 Å². The third-order valence-corrected chi connectivity index (χ3v) is 7.51.